The third-order valence-corrected chi connectivity index (χ3v) is 4.39. The van der Waals surface area contributed by atoms with Gasteiger partial charge in [-0.1, -0.05) is 50.2 Å². The smallest absolute Gasteiger partial charge is 0.220 e. The molecule has 0 aliphatic rings. The van der Waals surface area contributed by atoms with Crippen LogP contribution in [0.3, 0.4) is 0 Å². The number of benzene rings is 2. The highest BCUT2D eigenvalue weighted by molar-refractivity contribution is 5.76. The van der Waals surface area contributed by atoms with Crippen LogP contribution in [0.5, 0.6) is 5.75 Å². The quantitative estimate of drug-likeness (QED) is 0.690. The Balaban J connectivity index is 1.79. The van der Waals surface area contributed by atoms with Gasteiger partial charge < -0.3 is 15.2 Å². The van der Waals surface area contributed by atoms with E-state index in [0.29, 0.717) is 18.8 Å². The Hall–Kier alpha value is -2.33. The Morgan fingerprint density at radius 3 is 2.37 bits per heavy atom. The van der Waals surface area contributed by atoms with Crippen LogP contribution in [0.1, 0.15) is 62.8 Å². The molecule has 0 aliphatic heterocycles. The number of hydrogen-bond donors (Lipinski definition) is 2. The van der Waals surface area contributed by atoms with Gasteiger partial charge in [-0.3, -0.25) is 4.79 Å². The van der Waals surface area contributed by atoms with Crippen molar-refractivity contribution in [1.29, 1.82) is 0 Å². The van der Waals surface area contributed by atoms with Crippen LogP contribution in [-0.4, -0.2) is 23.7 Å². The lowest BCUT2D eigenvalue weighted by Crippen LogP contribution is -2.28. The van der Waals surface area contributed by atoms with E-state index in [1.807, 2.05) is 38.1 Å². The highest BCUT2D eigenvalue weighted by Crippen LogP contribution is 2.20. The van der Waals surface area contributed by atoms with Crippen molar-refractivity contribution in [3.05, 3.63) is 65.2 Å². The average Bonchev–Trinajstić information content (AvgIpc) is 2.64. The van der Waals surface area contributed by atoms with Crippen molar-refractivity contribution in [1.82, 2.24) is 5.32 Å². The Morgan fingerprint density at radius 2 is 1.74 bits per heavy atom. The van der Waals surface area contributed by atoms with E-state index in [1.165, 1.54) is 5.56 Å². The predicted octanol–water partition coefficient (Wildman–Crippen LogP) is 4.38. The van der Waals surface area contributed by atoms with Crippen LogP contribution in [0.4, 0.5) is 0 Å². The summed E-state index contributed by atoms with van der Waals surface area (Å²) in [6, 6.07) is 15.8. The second-order valence-electron chi connectivity index (χ2n) is 7.46. The van der Waals surface area contributed by atoms with E-state index < -0.39 is 6.10 Å². The summed E-state index contributed by atoms with van der Waals surface area (Å²) in [6.45, 7) is 8.44. The Labute approximate surface area is 162 Å². The minimum Gasteiger partial charge on any atom is -0.491 e. The molecular formula is C23H31NO3. The van der Waals surface area contributed by atoms with Crippen molar-refractivity contribution < 1.29 is 14.6 Å². The number of amides is 1. The maximum Gasteiger partial charge on any atom is 0.220 e. The van der Waals surface area contributed by atoms with Crippen LogP contribution in [0, 0.1) is 0 Å². The van der Waals surface area contributed by atoms with Crippen LogP contribution in [0.15, 0.2) is 48.5 Å². The molecule has 2 aromatic carbocycles. The zero-order valence-electron chi connectivity index (χ0n) is 16.7. The average molecular weight is 370 g/mol. The van der Waals surface area contributed by atoms with Gasteiger partial charge in [-0.15, -0.1) is 0 Å². The second-order valence-corrected chi connectivity index (χ2v) is 7.46. The summed E-state index contributed by atoms with van der Waals surface area (Å²) < 4.78 is 5.64. The van der Waals surface area contributed by atoms with Gasteiger partial charge in [0.25, 0.3) is 0 Å². The van der Waals surface area contributed by atoms with Crippen molar-refractivity contribution in [2.45, 2.75) is 58.7 Å². The van der Waals surface area contributed by atoms with Crippen molar-refractivity contribution in [2.24, 2.45) is 0 Å². The Bertz CT molecular complexity index is 723. The first kappa shape index (κ1) is 21.0. The molecule has 0 aromatic heterocycles. The zero-order valence-corrected chi connectivity index (χ0v) is 16.7. The first-order chi connectivity index (χ1) is 12.8. The number of aliphatic hydroxyl groups excluding tert-OH is 1. The van der Waals surface area contributed by atoms with Gasteiger partial charge in [0.1, 0.15) is 5.75 Å². The molecule has 4 heteroatoms. The van der Waals surface area contributed by atoms with E-state index in [0.717, 1.165) is 16.9 Å². The molecule has 1 atom stereocenters. The normalized spacial score (nSPS) is 12.3. The largest absolute Gasteiger partial charge is 0.491 e. The lowest BCUT2D eigenvalue weighted by molar-refractivity contribution is -0.121. The number of carbonyl (C=O) groups is 1. The van der Waals surface area contributed by atoms with Gasteiger partial charge in [-0.25, -0.2) is 0 Å². The molecule has 27 heavy (non-hydrogen) atoms. The molecule has 0 aliphatic carbocycles. The zero-order chi connectivity index (χ0) is 19.8. The van der Waals surface area contributed by atoms with Crippen molar-refractivity contribution in [3.63, 3.8) is 0 Å². The molecule has 0 heterocycles. The summed E-state index contributed by atoms with van der Waals surface area (Å²) in [5.41, 5.74) is 3.18. The molecule has 2 N–H and O–H groups in total. The minimum absolute atomic E-state index is 0.0587. The molecule has 0 saturated carbocycles. The molecule has 146 valence electrons. The van der Waals surface area contributed by atoms with Gasteiger partial charge in [0.2, 0.25) is 5.91 Å². The number of carbonyl (C=O) groups excluding carboxylic acids is 1. The molecule has 0 saturated heterocycles. The summed E-state index contributed by atoms with van der Waals surface area (Å²) in [7, 11) is 0. The molecule has 4 nitrogen and oxygen atoms in total. The maximum absolute atomic E-state index is 12.1. The maximum atomic E-state index is 12.1. The highest BCUT2D eigenvalue weighted by atomic mass is 16.5. The van der Waals surface area contributed by atoms with E-state index in [4.69, 9.17) is 4.74 Å². The highest BCUT2D eigenvalue weighted by Gasteiger charge is 2.11. The van der Waals surface area contributed by atoms with Gasteiger partial charge in [-0.05, 0) is 55.0 Å². The number of aliphatic hydroxyl groups is 1. The number of nitrogens with one attached hydrogen (secondary N) is 1. The SMILES string of the molecule is CC(C)Oc1cccc(C(O)CNC(=O)CCc2ccc(C(C)C)cc2)c1. The monoisotopic (exact) mass is 369 g/mol. The van der Waals surface area contributed by atoms with Gasteiger partial charge in [0.15, 0.2) is 0 Å². The fourth-order valence-electron chi connectivity index (χ4n) is 2.81. The van der Waals surface area contributed by atoms with Crippen molar-refractivity contribution >= 4 is 5.91 Å². The molecule has 1 unspecified atom stereocenters. The number of hydrogen-bond acceptors (Lipinski definition) is 3. The topological polar surface area (TPSA) is 58.6 Å². The molecule has 2 aromatic rings. The van der Waals surface area contributed by atoms with Crippen LogP contribution < -0.4 is 10.1 Å². The second kappa shape index (κ2) is 10.1. The lowest BCUT2D eigenvalue weighted by Gasteiger charge is -2.15. The van der Waals surface area contributed by atoms with Crippen LogP contribution in [0.2, 0.25) is 0 Å². The van der Waals surface area contributed by atoms with Gasteiger partial charge in [0.05, 0.1) is 12.2 Å². The standard InChI is InChI=1S/C23H31NO3/c1-16(2)19-11-8-18(9-12-19)10-13-23(26)24-15-22(25)20-6-5-7-21(14-20)27-17(3)4/h5-9,11-12,14,16-17,22,25H,10,13,15H2,1-4H3,(H,24,26). The molecule has 0 fully saturated rings. The summed E-state index contributed by atoms with van der Waals surface area (Å²) in [6.07, 6.45) is 0.420. The van der Waals surface area contributed by atoms with E-state index in [9.17, 15) is 9.90 Å². The summed E-state index contributed by atoms with van der Waals surface area (Å²) >= 11 is 0. The molecule has 1 amide bonds. The molecule has 0 spiro atoms. The van der Waals surface area contributed by atoms with Crippen LogP contribution in [0.25, 0.3) is 0 Å². The number of rotatable bonds is 9. The fourth-order valence-corrected chi connectivity index (χ4v) is 2.81. The van der Waals surface area contributed by atoms with Gasteiger partial charge in [0, 0.05) is 13.0 Å². The summed E-state index contributed by atoms with van der Waals surface area (Å²) in [4.78, 5) is 12.1. The molecule has 2 rings (SSSR count). The van der Waals surface area contributed by atoms with Crippen molar-refractivity contribution in [2.75, 3.05) is 6.54 Å². The summed E-state index contributed by atoms with van der Waals surface area (Å²) in [5.74, 6) is 1.17. The number of aryl methyl sites for hydroxylation is 1. The van der Waals surface area contributed by atoms with E-state index in [-0.39, 0.29) is 18.6 Å². The van der Waals surface area contributed by atoms with E-state index in [1.54, 1.807) is 0 Å². The molecule has 0 radical (unpaired) electrons. The Kier molecular flexibility index (Phi) is 7.86. The molecular weight excluding hydrogens is 338 g/mol. The number of ether oxygens (including phenoxy) is 1. The van der Waals surface area contributed by atoms with Gasteiger partial charge >= 0.3 is 0 Å². The van der Waals surface area contributed by atoms with Crippen LogP contribution in [-0.2, 0) is 11.2 Å². The first-order valence-electron chi connectivity index (χ1n) is 9.65. The first-order valence-corrected chi connectivity index (χ1v) is 9.65. The van der Waals surface area contributed by atoms with Gasteiger partial charge in [-0.2, -0.15) is 0 Å². The third kappa shape index (κ3) is 7.06. The predicted molar refractivity (Wildman–Crippen MR) is 109 cm³/mol. The minimum atomic E-state index is -0.755. The third-order valence-electron chi connectivity index (χ3n) is 4.39. The summed E-state index contributed by atoms with van der Waals surface area (Å²) in [5, 5.41) is 13.1. The van der Waals surface area contributed by atoms with E-state index >= 15 is 0 Å². The molecule has 0 bridgehead atoms. The lowest BCUT2D eigenvalue weighted by atomic mass is 10.0. The Morgan fingerprint density at radius 1 is 1.04 bits per heavy atom. The van der Waals surface area contributed by atoms with Crippen molar-refractivity contribution in [3.8, 4) is 5.75 Å². The fraction of sp³-hybridized carbons (Fsp3) is 0.435. The van der Waals surface area contributed by atoms with E-state index in [2.05, 4.69) is 43.4 Å². The van der Waals surface area contributed by atoms with Crippen LogP contribution >= 0.6 is 0 Å².